The molecule has 1 rings (SSSR count). The van der Waals surface area contributed by atoms with E-state index in [4.69, 9.17) is 15.7 Å². The van der Waals surface area contributed by atoms with Gasteiger partial charge in [0.2, 0.25) is 0 Å². The van der Waals surface area contributed by atoms with Crippen LogP contribution in [0.25, 0.3) is 0 Å². The predicted octanol–water partition coefficient (Wildman–Crippen LogP) is 2.57. The van der Waals surface area contributed by atoms with Crippen molar-refractivity contribution in [2.45, 2.75) is 32.6 Å². The maximum absolute atomic E-state index is 8.42. The second kappa shape index (κ2) is 7.70. The Kier molecular flexibility index (Phi) is 6.13. The van der Waals surface area contributed by atoms with E-state index in [1.165, 1.54) is 11.1 Å². The predicted molar refractivity (Wildman–Crippen MR) is 68.9 cm³/mol. The van der Waals surface area contributed by atoms with Crippen molar-refractivity contribution in [3.8, 4) is 11.8 Å². The van der Waals surface area contributed by atoms with Crippen molar-refractivity contribution in [3.05, 3.63) is 29.3 Å². The molecule has 0 fully saturated rings. The summed E-state index contributed by atoms with van der Waals surface area (Å²) >= 11 is 0. The molecule has 0 aliphatic heterocycles. The molecule has 0 spiro atoms. The van der Waals surface area contributed by atoms with Crippen LogP contribution >= 0.6 is 0 Å². The van der Waals surface area contributed by atoms with Crippen molar-refractivity contribution in [2.24, 2.45) is 5.73 Å². The summed E-state index contributed by atoms with van der Waals surface area (Å²) in [6.45, 7) is 3.37. The quantitative estimate of drug-likeness (QED) is 0.735. The van der Waals surface area contributed by atoms with Crippen LogP contribution in [0.1, 0.15) is 30.4 Å². The van der Waals surface area contributed by atoms with E-state index < -0.39 is 0 Å². The first-order valence-electron chi connectivity index (χ1n) is 6.07. The SMILES string of the molecule is Cc1ccc(OCCCCC#N)c(CCN)c1. The molecule has 1 aromatic carbocycles. The van der Waals surface area contributed by atoms with E-state index >= 15 is 0 Å². The highest BCUT2D eigenvalue weighted by atomic mass is 16.5. The molecule has 0 radical (unpaired) electrons. The van der Waals surface area contributed by atoms with Gasteiger partial charge in [-0.05, 0) is 44.4 Å². The Morgan fingerprint density at radius 1 is 1.35 bits per heavy atom. The molecule has 0 bridgehead atoms. The van der Waals surface area contributed by atoms with Crippen LogP contribution in [0.4, 0.5) is 0 Å². The molecule has 0 aromatic heterocycles. The molecule has 1 aromatic rings. The normalized spacial score (nSPS) is 9.94. The monoisotopic (exact) mass is 232 g/mol. The summed E-state index contributed by atoms with van der Waals surface area (Å²) in [5.74, 6) is 0.929. The molecule has 0 aliphatic carbocycles. The standard InChI is InChI=1S/C14H20N2O/c1-12-5-6-14(13(11-12)7-9-16)17-10-4-2-3-8-15/h5-6,11H,2-4,7,9-10,16H2,1H3. The van der Waals surface area contributed by atoms with Crippen molar-refractivity contribution >= 4 is 0 Å². The van der Waals surface area contributed by atoms with E-state index in [1.54, 1.807) is 0 Å². The number of benzene rings is 1. The zero-order valence-corrected chi connectivity index (χ0v) is 10.4. The van der Waals surface area contributed by atoms with Gasteiger partial charge in [-0.2, -0.15) is 5.26 Å². The number of unbranched alkanes of at least 4 members (excludes halogenated alkanes) is 2. The molecule has 0 aliphatic rings. The molecule has 3 nitrogen and oxygen atoms in total. The van der Waals surface area contributed by atoms with E-state index in [9.17, 15) is 0 Å². The first kappa shape index (κ1) is 13.5. The third-order valence-corrected chi connectivity index (χ3v) is 2.57. The van der Waals surface area contributed by atoms with Crippen molar-refractivity contribution in [1.82, 2.24) is 0 Å². The Balaban J connectivity index is 2.49. The van der Waals surface area contributed by atoms with Gasteiger partial charge in [0.25, 0.3) is 0 Å². The van der Waals surface area contributed by atoms with E-state index in [0.29, 0.717) is 19.6 Å². The van der Waals surface area contributed by atoms with Crippen LogP contribution in [0.15, 0.2) is 18.2 Å². The number of nitrogens with two attached hydrogens (primary N) is 1. The van der Waals surface area contributed by atoms with E-state index in [0.717, 1.165) is 25.0 Å². The van der Waals surface area contributed by atoms with Crippen LogP contribution in [0, 0.1) is 18.3 Å². The highest BCUT2D eigenvalue weighted by Gasteiger charge is 2.03. The van der Waals surface area contributed by atoms with Gasteiger partial charge >= 0.3 is 0 Å². The summed E-state index contributed by atoms with van der Waals surface area (Å²) in [4.78, 5) is 0. The number of hydrogen-bond donors (Lipinski definition) is 1. The number of aryl methyl sites for hydroxylation is 1. The lowest BCUT2D eigenvalue weighted by atomic mass is 10.1. The summed E-state index contributed by atoms with van der Waals surface area (Å²) in [6.07, 6.45) is 3.26. The fraction of sp³-hybridized carbons (Fsp3) is 0.500. The Labute approximate surface area is 103 Å². The van der Waals surface area contributed by atoms with Gasteiger partial charge in [0.05, 0.1) is 12.7 Å². The summed E-state index contributed by atoms with van der Waals surface area (Å²) in [5, 5.41) is 8.42. The topological polar surface area (TPSA) is 59.0 Å². The van der Waals surface area contributed by atoms with Crippen LogP contribution < -0.4 is 10.5 Å². The first-order valence-corrected chi connectivity index (χ1v) is 6.07. The molecule has 0 atom stereocenters. The Morgan fingerprint density at radius 2 is 2.18 bits per heavy atom. The molecule has 0 amide bonds. The van der Waals surface area contributed by atoms with Gasteiger partial charge in [-0.15, -0.1) is 0 Å². The minimum atomic E-state index is 0.604. The lowest BCUT2D eigenvalue weighted by Crippen LogP contribution is -2.06. The summed E-state index contributed by atoms with van der Waals surface area (Å²) in [6, 6.07) is 8.31. The lowest BCUT2D eigenvalue weighted by Gasteiger charge is -2.11. The maximum Gasteiger partial charge on any atom is 0.122 e. The molecule has 0 saturated carbocycles. The summed E-state index contributed by atoms with van der Waals surface area (Å²) in [7, 11) is 0. The number of nitrogens with zero attached hydrogens (tertiary/aromatic N) is 1. The number of nitriles is 1. The molecule has 2 N–H and O–H groups in total. The molecule has 92 valence electrons. The van der Waals surface area contributed by atoms with Gasteiger partial charge < -0.3 is 10.5 Å². The Hall–Kier alpha value is -1.53. The van der Waals surface area contributed by atoms with Crippen molar-refractivity contribution < 1.29 is 4.74 Å². The second-order valence-corrected chi connectivity index (χ2v) is 4.11. The van der Waals surface area contributed by atoms with Gasteiger partial charge in [-0.3, -0.25) is 0 Å². The van der Waals surface area contributed by atoms with E-state index in [-0.39, 0.29) is 0 Å². The molecule has 0 heterocycles. The number of hydrogen-bond acceptors (Lipinski definition) is 3. The van der Waals surface area contributed by atoms with Crippen molar-refractivity contribution in [3.63, 3.8) is 0 Å². The fourth-order valence-electron chi connectivity index (χ4n) is 1.69. The molecule has 0 saturated heterocycles. The van der Waals surface area contributed by atoms with Crippen LogP contribution in [-0.2, 0) is 6.42 Å². The molecule has 0 unspecified atom stereocenters. The smallest absolute Gasteiger partial charge is 0.122 e. The third-order valence-electron chi connectivity index (χ3n) is 2.57. The van der Waals surface area contributed by atoms with Crippen molar-refractivity contribution in [2.75, 3.05) is 13.2 Å². The average molecular weight is 232 g/mol. The van der Waals surface area contributed by atoms with Crippen LogP contribution in [-0.4, -0.2) is 13.2 Å². The third kappa shape index (κ3) is 4.88. The molecule has 17 heavy (non-hydrogen) atoms. The van der Waals surface area contributed by atoms with Crippen LogP contribution in [0.5, 0.6) is 5.75 Å². The average Bonchev–Trinajstić information content (AvgIpc) is 2.32. The van der Waals surface area contributed by atoms with Gasteiger partial charge in [0.15, 0.2) is 0 Å². The summed E-state index contributed by atoms with van der Waals surface area (Å²) in [5.41, 5.74) is 7.98. The largest absolute Gasteiger partial charge is 0.493 e. The maximum atomic E-state index is 8.42. The van der Waals surface area contributed by atoms with E-state index in [2.05, 4.69) is 19.1 Å². The first-order chi connectivity index (χ1) is 8.27. The number of rotatable bonds is 7. The zero-order chi connectivity index (χ0) is 12.5. The van der Waals surface area contributed by atoms with Gasteiger partial charge in [0, 0.05) is 6.42 Å². The Bertz CT molecular complexity index is 382. The van der Waals surface area contributed by atoms with Gasteiger partial charge in [0.1, 0.15) is 5.75 Å². The minimum Gasteiger partial charge on any atom is -0.493 e. The second-order valence-electron chi connectivity index (χ2n) is 4.11. The Morgan fingerprint density at radius 3 is 2.88 bits per heavy atom. The zero-order valence-electron chi connectivity index (χ0n) is 10.4. The van der Waals surface area contributed by atoms with E-state index in [1.807, 2.05) is 12.1 Å². The minimum absolute atomic E-state index is 0.604. The summed E-state index contributed by atoms with van der Waals surface area (Å²) < 4.78 is 5.73. The van der Waals surface area contributed by atoms with Crippen LogP contribution in [0.3, 0.4) is 0 Å². The fourth-order valence-corrected chi connectivity index (χ4v) is 1.69. The lowest BCUT2D eigenvalue weighted by molar-refractivity contribution is 0.304. The molecular formula is C14H20N2O. The van der Waals surface area contributed by atoms with Gasteiger partial charge in [-0.25, -0.2) is 0 Å². The van der Waals surface area contributed by atoms with Crippen molar-refractivity contribution in [1.29, 1.82) is 5.26 Å². The highest BCUT2D eigenvalue weighted by Crippen LogP contribution is 2.20. The molecule has 3 heteroatoms. The number of ether oxygens (including phenoxy) is 1. The molecular weight excluding hydrogens is 212 g/mol. The highest BCUT2D eigenvalue weighted by molar-refractivity contribution is 5.37. The van der Waals surface area contributed by atoms with Gasteiger partial charge in [-0.1, -0.05) is 17.7 Å². The van der Waals surface area contributed by atoms with Crippen LogP contribution in [0.2, 0.25) is 0 Å².